The number of hydrogen-bond acceptors (Lipinski definition) is 7. The van der Waals surface area contributed by atoms with Gasteiger partial charge in [0, 0.05) is 25.5 Å². The van der Waals surface area contributed by atoms with Gasteiger partial charge in [-0.25, -0.2) is 13.4 Å². The highest BCUT2D eigenvalue weighted by atomic mass is 35.5. The number of pyridine rings is 1. The first kappa shape index (κ1) is 23.4. The van der Waals surface area contributed by atoms with Crippen LogP contribution in [-0.4, -0.2) is 41.7 Å². The third kappa shape index (κ3) is 4.60. The maximum absolute atomic E-state index is 13.8. The van der Waals surface area contributed by atoms with E-state index in [0.29, 0.717) is 39.3 Å². The molecule has 1 atom stereocenters. The van der Waals surface area contributed by atoms with Gasteiger partial charge in [0.25, 0.3) is 10.0 Å². The molecule has 3 aromatic heterocycles. The summed E-state index contributed by atoms with van der Waals surface area (Å²) >= 11 is 8.92. The van der Waals surface area contributed by atoms with Crippen LogP contribution in [0.4, 0.5) is 5.13 Å². The van der Waals surface area contributed by atoms with Crippen molar-refractivity contribution >= 4 is 65.6 Å². The summed E-state index contributed by atoms with van der Waals surface area (Å²) < 4.78 is 28.8. The molecule has 0 saturated carbocycles. The van der Waals surface area contributed by atoms with Crippen molar-refractivity contribution in [3.63, 3.8) is 0 Å². The van der Waals surface area contributed by atoms with E-state index in [1.54, 1.807) is 40.9 Å². The zero-order valence-electron chi connectivity index (χ0n) is 18.0. The number of rotatable bonds is 6. The van der Waals surface area contributed by atoms with Crippen molar-refractivity contribution in [3.8, 4) is 0 Å². The average molecular weight is 533 g/mol. The van der Waals surface area contributed by atoms with Crippen LogP contribution < -0.4 is 4.90 Å². The van der Waals surface area contributed by atoms with E-state index in [0.717, 1.165) is 10.3 Å². The van der Waals surface area contributed by atoms with Gasteiger partial charge in [-0.15, -0.1) is 11.3 Å². The predicted octanol–water partition coefficient (Wildman–Crippen LogP) is 5.04. The van der Waals surface area contributed by atoms with Crippen LogP contribution in [0.15, 0.2) is 64.4 Å². The predicted molar refractivity (Wildman–Crippen MR) is 136 cm³/mol. The van der Waals surface area contributed by atoms with E-state index in [-0.39, 0.29) is 19.0 Å². The Morgan fingerprint density at radius 2 is 2.09 bits per heavy atom. The van der Waals surface area contributed by atoms with E-state index in [9.17, 15) is 13.2 Å². The van der Waals surface area contributed by atoms with Crippen LogP contribution in [0.25, 0.3) is 10.2 Å². The van der Waals surface area contributed by atoms with Crippen molar-refractivity contribution in [1.29, 1.82) is 0 Å². The standard InChI is InChI=1S/C23H21ClN4O3S3/c24-18-7-1-8-19-21(18)26-23(33-19)28(14-16-5-2-10-25-13-16)22(29)17-6-3-11-27(15-17)34(30,31)20-9-4-12-32-20/h1-2,4-5,7-10,12-13,17H,3,6,11,14-15H2. The second kappa shape index (κ2) is 9.71. The summed E-state index contributed by atoms with van der Waals surface area (Å²) in [7, 11) is -3.62. The number of hydrogen-bond donors (Lipinski definition) is 0. The van der Waals surface area contributed by atoms with Gasteiger partial charge in [-0.3, -0.25) is 14.7 Å². The first-order valence-corrected chi connectivity index (χ1v) is 14.2. The lowest BCUT2D eigenvalue weighted by molar-refractivity contribution is -0.123. The van der Waals surface area contributed by atoms with Gasteiger partial charge in [-0.05, 0) is 48.1 Å². The molecule has 0 spiro atoms. The van der Waals surface area contributed by atoms with Crippen molar-refractivity contribution in [1.82, 2.24) is 14.3 Å². The maximum Gasteiger partial charge on any atom is 0.252 e. The number of carbonyl (C=O) groups is 1. The molecular weight excluding hydrogens is 512 g/mol. The molecule has 1 aromatic carbocycles. The lowest BCUT2D eigenvalue weighted by atomic mass is 9.98. The number of halogens is 1. The van der Waals surface area contributed by atoms with Crippen LogP contribution >= 0.6 is 34.3 Å². The fourth-order valence-electron chi connectivity index (χ4n) is 4.05. The Morgan fingerprint density at radius 3 is 2.82 bits per heavy atom. The first-order valence-electron chi connectivity index (χ1n) is 10.7. The molecule has 0 aliphatic carbocycles. The molecule has 34 heavy (non-hydrogen) atoms. The van der Waals surface area contributed by atoms with Crippen molar-refractivity contribution in [2.45, 2.75) is 23.6 Å². The number of fused-ring (bicyclic) bond motifs is 1. The summed E-state index contributed by atoms with van der Waals surface area (Å²) in [6.45, 7) is 0.843. The minimum atomic E-state index is -3.62. The van der Waals surface area contributed by atoms with E-state index in [1.165, 1.54) is 27.0 Å². The second-order valence-corrected chi connectivity index (χ2v) is 12.5. The normalized spacial score (nSPS) is 17.1. The highest BCUT2D eigenvalue weighted by Crippen LogP contribution is 2.35. The van der Waals surface area contributed by atoms with Gasteiger partial charge in [-0.2, -0.15) is 4.31 Å². The highest BCUT2D eigenvalue weighted by Gasteiger charge is 2.36. The molecule has 1 aliphatic rings. The Morgan fingerprint density at radius 1 is 1.21 bits per heavy atom. The van der Waals surface area contributed by atoms with Crippen molar-refractivity contribution in [3.05, 3.63) is 70.8 Å². The number of amides is 1. The fraction of sp³-hybridized carbons (Fsp3) is 0.261. The van der Waals surface area contributed by atoms with Gasteiger partial charge < -0.3 is 0 Å². The molecule has 4 aromatic rings. The molecule has 1 saturated heterocycles. The summed E-state index contributed by atoms with van der Waals surface area (Å²) in [5, 5.41) is 2.81. The lowest BCUT2D eigenvalue weighted by Gasteiger charge is -2.33. The summed E-state index contributed by atoms with van der Waals surface area (Å²) in [6, 6.07) is 12.6. The summed E-state index contributed by atoms with van der Waals surface area (Å²) in [5.74, 6) is -0.618. The van der Waals surface area contributed by atoms with Crippen molar-refractivity contribution in [2.24, 2.45) is 5.92 Å². The molecular formula is C23H21ClN4O3S3. The van der Waals surface area contributed by atoms with Gasteiger partial charge >= 0.3 is 0 Å². The van der Waals surface area contributed by atoms with Crippen LogP contribution in [0, 0.1) is 5.92 Å². The lowest BCUT2D eigenvalue weighted by Crippen LogP contribution is -2.46. The minimum Gasteiger partial charge on any atom is -0.283 e. The Balaban J connectivity index is 1.46. The summed E-state index contributed by atoms with van der Waals surface area (Å²) in [5.41, 5.74) is 1.51. The number of sulfonamides is 1. The number of aromatic nitrogens is 2. The monoisotopic (exact) mass is 532 g/mol. The number of piperidine rings is 1. The molecule has 7 nitrogen and oxygen atoms in total. The van der Waals surface area contributed by atoms with Crippen LogP contribution in [0.5, 0.6) is 0 Å². The Labute approximate surface area is 210 Å². The molecule has 1 unspecified atom stereocenters. The topological polar surface area (TPSA) is 83.5 Å². The molecule has 0 radical (unpaired) electrons. The zero-order chi connectivity index (χ0) is 23.7. The molecule has 4 heterocycles. The van der Waals surface area contributed by atoms with Gasteiger partial charge in [0.2, 0.25) is 5.91 Å². The highest BCUT2D eigenvalue weighted by molar-refractivity contribution is 7.91. The van der Waals surface area contributed by atoms with E-state index in [4.69, 9.17) is 11.6 Å². The van der Waals surface area contributed by atoms with Crippen LogP contribution in [0.2, 0.25) is 5.02 Å². The van der Waals surface area contributed by atoms with E-state index < -0.39 is 15.9 Å². The molecule has 5 rings (SSSR count). The maximum atomic E-state index is 13.8. The van der Waals surface area contributed by atoms with E-state index >= 15 is 0 Å². The van der Waals surface area contributed by atoms with Gasteiger partial charge in [0.15, 0.2) is 5.13 Å². The van der Waals surface area contributed by atoms with Crippen LogP contribution in [0.1, 0.15) is 18.4 Å². The molecule has 176 valence electrons. The third-order valence-corrected chi connectivity index (χ3v) is 10.3. The zero-order valence-corrected chi connectivity index (χ0v) is 21.2. The van der Waals surface area contributed by atoms with Gasteiger partial charge in [-0.1, -0.05) is 41.1 Å². The van der Waals surface area contributed by atoms with Crippen LogP contribution in [0.3, 0.4) is 0 Å². The van der Waals surface area contributed by atoms with Gasteiger partial charge in [0.05, 0.1) is 22.2 Å². The molecule has 0 bridgehead atoms. The number of carbonyl (C=O) groups excluding carboxylic acids is 1. The third-order valence-electron chi connectivity index (χ3n) is 5.74. The van der Waals surface area contributed by atoms with Crippen molar-refractivity contribution < 1.29 is 13.2 Å². The Bertz CT molecular complexity index is 1410. The molecule has 1 fully saturated rings. The number of nitrogens with zero attached hydrogens (tertiary/aromatic N) is 4. The smallest absolute Gasteiger partial charge is 0.252 e. The second-order valence-electron chi connectivity index (χ2n) is 8.00. The number of para-hydroxylation sites is 1. The quantitative estimate of drug-likeness (QED) is 0.347. The SMILES string of the molecule is O=C(C1CCCN(S(=O)(=O)c2cccs2)C1)N(Cc1cccnc1)c1nc2c(Cl)cccc2s1. The number of thiophene rings is 1. The molecule has 1 amide bonds. The molecule has 1 aliphatic heterocycles. The summed E-state index contributed by atoms with van der Waals surface area (Å²) in [4.78, 5) is 24.3. The Kier molecular flexibility index (Phi) is 6.67. The van der Waals surface area contributed by atoms with Crippen LogP contribution in [-0.2, 0) is 21.4 Å². The van der Waals surface area contributed by atoms with E-state index in [2.05, 4.69) is 9.97 Å². The fourth-order valence-corrected chi connectivity index (χ4v) is 7.99. The Hall–Kier alpha value is -2.37. The van der Waals surface area contributed by atoms with E-state index in [1.807, 2.05) is 24.3 Å². The minimum absolute atomic E-state index is 0.147. The number of thiazole rings is 1. The summed E-state index contributed by atoms with van der Waals surface area (Å²) in [6.07, 6.45) is 4.63. The molecule has 0 N–H and O–H groups in total. The number of anilines is 1. The van der Waals surface area contributed by atoms with Crippen molar-refractivity contribution in [2.75, 3.05) is 18.0 Å². The first-order chi connectivity index (χ1) is 16.4. The largest absolute Gasteiger partial charge is 0.283 e. The average Bonchev–Trinajstić information content (AvgIpc) is 3.54. The number of benzene rings is 1. The van der Waals surface area contributed by atoms with Gasteiger partial charge in [0.1, 0.15) is 9.73 Å². The molecule has 11 heteroatoms.